The third-order valence-corrected chi connectivity index (χ3v) is 5.25. The second-order valence-corrected chi connectivity index (χ2v) is 7.01. The lowest BCUT2D eigenvalue weighted by atomic mass is 10.0. The summed E-state index contributed by atoms with van der Waals surface area (Å²) >= 11 is 7.46. The molecule has 8 heteroatoms. The van der Waals surface area contributed by atoms with Crippen molar-refractivity contribution in [2.75, 3.05) is 17.2 Å². The minimum atomic E-state index is 0.459. The van der Waals surface area contributed by atoms with Gasteiger partial charge in [0.25, 0.3) is 0 Å². The van der Waals surface area contributed by atoms with Crippen molar-refractivity contribution in [2.45, 2.75) is 13.0 Å². The molecule has 0 unspecified atom stereocenters. The first-order valence-corrected chi connectivity index (χ1v) is 8.50. The van der Waals surface area contributed by atoms with Crippen molar-refractivity contribution in [3.05, 3.63) is 45.3 Å². The monoisotopic (exact) mass is 357 g/mol. The molecule has 1 aliphatic rings. The zero-order chi connectivity index (χ0) is 16.7. The molecule has 0 saturated carbocycles. The Labute approximate surface area is 147 Å². The van der Waals surface area contributed by atoms with Crippen LogP contribution >= 0.6 is 22.9 Å². The normalized spacial score (nSPS) is 13.6. The average molecular weight is 358 g/mol. The molecule has 0 atom stereocenters. The van der Waals surface area contributed by atoms with Crippen LogP contribution in [0.5, 0.6) is 0 Å². The molecule has 24 heavy (non-hydrogen) atoms. The number of nitriles is 1. The van der Waals surface area contributed by atoms with Crippen molar-refractivity contribution >= 4 is 34.0 Å². The topological polar surface area (TPSA) is 92.0 Å². The summed E-state index contributed by atoms with van der Waals surface area (Å²) in [5.74, 6) is 0.502. The van der Waals surface area contributed by atoms with E-state index in [4.69, 9.17) is 21.9 Å². The highest BCUT2D eigenvalue weighted by Crippen LogP contribution is 2.36. The van der Waals surface area contributed by atoms with Gasteiger partial charge in [0.1, 0.15) is 11.1 Å². The van der Waals surface area contributed by atoms with E-state index in [0.717, 1.165) is 22.4 Å². The van der Waals surface area contributed by atoms with Gasteiger partial charge in [-0.15, -0.1) is 11.3 Å². The van der Waals surface area contributed by atoms with Crippen molar-refractivity contribution in [3.63, 3.8) is 0 Å². The third kappa shape index (κ3) is 2.50. The maximum absolute atomic E-state index is 9.21. The van der Waals surface area contributed by atoms with Crippen LogP contribution in [0.3, 0.4) is 0 Å². The van der Waals surface area contributed by atoms with Crippen molar-refractivity contribution in [3.8, 4) is 17.5 Å². The van der Waals surface area contributed by atoms with E-state index in [9.17, 15) is 5.26 Å². The number of halogens is 1. The Kier molecular flexibility index (Phi) is 3.63. The molecule has 4 rings (SSSR count). The number of fused-ring (bicyclic) bond motifs is 1. The lowest BCUT2D eigenvalue weighted by Gasteiger charge is -2.24. The van der Waals surface area contributed by atoms with Gasteiger partial charge >= 0.3 is 6.01 Å². The minimum absolute atomic E-state index is 0.459. The van der Waals surface area contributed by atoms with Crippen molar-refractivity contribution in [2.24, 2.45) is 0 Å². The van der Waals surface area contributed by atoms with Crippen LogP contribution in [0, 0.1) is 11.3 Å². The maximum Gasteiger partial charge on any atom is 0.324 e. The molecule has 0 amide bonds. The maximum atomic E-state index is 9.21. The lowest BCUT2D eigenvalue weighted by Crippen LogP contribution is -2.29. The first-order valence-electron chi connectivity index (χ1n) is 7.30. The van der Waals surface area contributed by atoms with E-state index in [1.165, 1.54) is 11.3 Å². The molecule has 2 aromatic heterocycles. The van der Waals surface area contributed by atoms with Crippen LogP contribution in [-0.4, -0.2) is 16.7 Å². The molecule has 0 spiro atoms. The summed E-state index contributed by atoms with van der Waals surface area (Å²) in [4.78, 5) is 7.55. The van der Waals surface area contributed by atoms with Crippen LogP contribution < -0.4 is 10.6 Å². The number of anilines is 2. The minimum Gasteiger partial charge on any atom is -0.389 e. The van der Waals surface area contributed by atoms with Gasteiger partial charge in [-0.1, -0.05) is 28.9 Å². The molecule has 0 radical (unpaired) electrons. The van der Waals surface area contributed by atoms with E-state index in [-0.39, 0.29) is 0 Å². The van der Waals surface area contributed by atoms with Crippen LogP contribution in [-0.2, 0) is 13.0 Å². The molecule has 1 aromatic carbocycles. The molecule has 3 heterocycles. The van der Waals surface area contributed by atoms with Gasteiger partial charge < -0.3 is 15.2 Å². The second kappa shape index (κ2) is 5.82. The molecule has 3 aromatic rings. The Bertz CT molecular complexity index is 958. The molecular formula is C16H12ClN5OS. The molecule has 0 aliphatic carbocycles. The Balaban J connectivity index is 1.61. The number of hydrogen-bond donors (Lipinski definition) is 1. The summed E-state index contributed by atoms with van der Waals surface area (Å²) in [6, 6.07) is 9.97. The van der Waals surface area contributed by atoms with Gasteiger partial charge in [-0.25, -0.2) is 0 Å². The van der Waals surface area contributed by atoms with E-state index in [2.05, 4.69) is 16.2 Å². The standard InChI is InChI=1S/C16H12ClN5OS/c17-10-3-1-2-9(6-10)15-20-16(23-21-15)22-5-4-11-12(7-18)14(19)24-13(11)8-22/h1-3,6H,4-5,8,19H2. The molecule has 120 valence electrons. The zero-order valence-corrected chi connectivity index (χ0v) is 14.1. The molecule has 0 bridgehead atoms. The summed E-state index contributed by atoms with van der Waals surface area (Å²) < 4.78 is 5.41. The number of rotatable bonds is 2. The van der Waals surface area contributed by atoms with Crippen LogP contribution in [0.1, 0.15) is 16.0 Å². The molecule has 2 N–H and O–H groups in total. The van der Waals surface area contributed by atoms with E-state index in [0.29, 0.717) is 40.5 Å². The van der Waals surface area contributed by atoms with Crippen molar-refractivity contribution in [1.29, 1.82) is 5.26 Å². The Morgan fingerprint density at radius 3 is 3.08 bits per heavy atom. The van der Waals surface area contributed by atoms with E-state index < -0.39 is 0 Å². The predicted molar refractivity (Wildman–Crippen MR) is 92.9 cm³/mol. The number of nitrogens with zero attached hydrogens (tertiary/aromatic N) is 4. The van der Waals surface area contributed by atoms with Gasteiger partial charge in [0.05, 0.1) is 12.1 Å². The van der Waals surface area contributed by atoms with Gasteiger partial charge in [-0.3, -0.25) is 0 Å². The van der Waals surface area contributed by atoms with Gasteiger partial charge in [0.2, 0.25) is 5.82 Å². The fraction of sp³-hybridized carbons (Fsp3) is 0.188. The molecule has 6 nitrogen and oxygen atoms in total. The van der Waals surface area contributed by atoms with E-state index in [1.54, 1.807) is 12.1 Å². The number of aromatic nitrogens is 2. The fourth-order valence-corrected chi connectivity index (χ4v) is 4.07. The smallest absolute Gasteiger partial charge is 0.324 e. The van der Waals surface area contributed by atoms with Gasteiger partial charge in [0.15, 0.2) is 0 Å². The van der Waals surface area contributed by atoms with E-state index in [1.807, 2.05) is 17.0 Å². The highest BCUT2D eigenvalue weighted by molar-refractivity contribution is 7.16. The summed E-state index contributed by atoms with van der Waals surface area (Å²) in [6.07, 6.45) is 0.737. The van der Waals surface area contributed by atoms with Crippen LogP contribution in [0.4, 0.5) is 11.0 Å². The van der Waals surface area contributed by atoms with Gasteiger partial charge in [-0.05, 0) is 24.1 Å². The Morgan fingerprint density at radius 1 is 1.42 bits per heavy atom. The summed E-state index contributed by atoms with van der Waals surface area (Å²) in [7, 11) is 0. The Hall–Kier alpha value is -2.56. The van der Waals surface area contributed by atoms with Gasteiger partial charge in [-0.2, -0.15) is 10.2 Å². The lowest BCUT2D eigenvalue weighted by molar-refractivity contribution is 0.411. The SMILES string of the molecule is N#Cc1c(N)sc2c1CCN(c1nc(-c3cccc(Cl)c3)no1)C2. The largest absolute Gasteiger partial charge is 0.389 e. The number of nitrogens with two attached hydrogens (primary N) is 1. The summed E-state index contributed by atoms with van der Waals surface area (Å²) in [5, 5.41) is 14.4. The summed E-state index contributed by atoms with van der Waals surface area (Å²) in [6.45, 7) is 1.32. The van der Waals surface area contributed by atoms with Crippen LogP contribution in [0.15, 0.2) is 28.8 Å². The highest BCUT2D eigenvalue weighted by atomic mass is 35.5. The van der Waals surface area contributed by atoms with Crippen LogP contribution in [0.2, 0.25) is 5.02 Å². The highest BCUT2D eigenvalue weighted by Gasteiger charge is 2.26. The average Bonchev–Trinajstić information content (AvgIpc) is 3.17. The molecular weight excluding hydrogens is 346 g/mol. The first-order chi connectivity index (χ1) is 11.7. The first kappa shape index (κ1) is 15.0. The second-order valence-electron chi connectivity index (χ2n) is 5.44. The molecule has 0 fully saturated rings. The van der Waals surface area contributed by atoms with Crippen LogP contribution in [0.25, 0.3) is 11.4 Å². The van der Waals surface area contributed by atoms with Crippen molar-refractivity contribution in [1.82, 2.24) is 10.1 Å². The molecule has 0 saturated heterocycles. The van der Waals surface area contributed by atoms with Gasteiger partial charge in [0, 0.05) is 22.0 Å². The predicted octanol–water partition coefficient (Wildman–Crippen LogP) is 3.47. The number of nitrogen functional groups attached to an aromatic ring is 1. The fourth-order valence-electron chi connectivity index (χ4n) is 2.80. The third-order valence-electron chi connectivity index (χ3n) is 3.96. The Morgan fingerprint density at radius 2 is 2.29 bits per heavy atom. The van der Waals surface area contributed by atoms with E-state index >= 15 is 0 Å². The quantitative estimate of drug-likeness (QED) is 0.755. The molecule has 1 aliphatic heterocycles. The number of thiophene rings is 1. The zero-order valence-electron chi connectivity index (χ0n) is 12.5. The summed E-state index contributed by atoms with van der Waals surface area (Å²) in [5.41, 5.74) is 8.39. The number of benzene rings is 1. The number of hydrogen-bond acceptors (Lipinski definition) is 7. The van der Waals surface area contributed by atoms with Crippen molar-refractivity contribution < 1.29 is 4.52 Å².